The lowest BCUT2D eigenvalue weighted by Crippen LogP contribution is -2.55. The molecule has 1 heterocycles. The van der Waals surface area contributed by atoms with Gasteiger partial charge >= 0.3 is 5.97 Å². The Balaban J connectivity index is 1.89. The quantitative estimate of drug-likeness (QED) is 0.769. The molecule has 1 spiro atoms. The molecule has 1 atom stereocenters. The maximum atomic E-state index is 13.2. The van der Waals surface area contributed by atoms with E-state index in [1.165, 1.54) is 4.90 Å². The molecular formula is C20H26BrNO4. The summed E-state index contributed by atoms with van der Waals surface area (Å²) in [6, 6.07) is 6.10. The van der Waals surface area contributed by atoms with E-state index >= 15 is 0 Å². The lowest BCUT2D eigenvalue weighted by molar-refractivity contribution is -0.144. The van der Waals surface area contributed by atoms with Gasteiger partial charge in [-0.2, -0.15) is 0 Å². The number of halogens is 1. The number of rotatable bonds is 2. The number of hydrogen-bond acceptors (Lipinski definition) is 3. The smallest absolute Gasteiger partial charge is 0.328 e. The molecule has 1 aliphatic carbocycles. The third-order valence-corrected chi connectivity index (χ3v) is 6.38. The lowest BCUT2D eigenvalue weighted by atomic mass is 9.70. The van der Waals surface area contributed by atoms with Gasteiger partial charge in [0.05, 0.1) is 6.61 Å². The fraction of sp³-hybridized carbons (Fsp3) is 0.600. The first-order valence-corrected chi connectivity index (χ1v) is 9.89. The van der Waals surface area contributed by atoms with Crippen molar-refractivity contribution in [2.75, 3.05) is 6.61 Å². The van der Waals surface area contributed by atoms with Gasteiger partial charge in [-0.15, -0.1) is 0 Å². The number of carboxylic acids is 1. The monoisotopic (exact) mass is 423 g/mol. The van der Waals surface area contributed by atoms with Gasteiger partial charge < -0.3 is 9.84 Å². The topological polar surface area (TPSA) is 66.8 Å². The average molecular weight is 424 g/mol. The molecule has 1 aromatic carbocycles. The Kier molecular flexibility index (Phi) is 5.19. The molecule has 1 saturated heterocycles. The molecule has 1 amide bonds. The van der Waals surface area contributed by atoms with Crippen molar-refractivity contribution < 1.29 is 19.4 Å². The van der Waals surface area contributed by atoms with Gasteiger partial charge in [0.25, 0.3) is 5.91 Å². The van der Waals surface area contributed by atoms with Gasteiger partial charge in [-0.1, -0.05) is 36.7 Å². The van der Waals surface area contributed by atoms with E-state index in [1.807, 2.05) is 0 Å². The second kappa shape index (κ2) is 6.97. The van der Waals surface area contributed by atoms with Gasteiger partial charge in [0.2, 0.25) is 0 Å². The molecule has 142 valence electrons. The van der Waals surface area contributed by atoms with Gasteiger partial charge in [0.15, 0.2) is 6.04 Å². The summed E-state index contributed by atoms with van der Waals surface area (Å²) in [5.41, 5.74) is -0.107. The zero-order valence-corrected chi connectivity index (χ0v) is 17.1. The van der Waals surface area contributed by atoms with Gasteiger partial charge in [-0.25, -0.2) is 4.79 Å². The number of hydrogen-bond donors (Lipinski definition) is 1. The molecule has 2 fully saturated rings. The SMILES string of the molecule is CC(C)(C)C1CCC2(CC1)OC[C@@H](C(=O)O)N2C(=O)c1ccc(Br)cc1. The third-order valence-electron chi connectivity index (χ3n) is 5.85. The van der Waals surface area contributed by atoms with Crippen LogP contribution in [0.25, 0.3) is 0 Å². The highest BCUT2D eigenvalue weighted by atomic mass is 79.9. The van der Waals surface area contributed by atoms with Crippen molar-refractivity contribution in [3.8, 4) is 0 Å². The van der Waals surface area contributed by atoms with Crippen molar-refractivity contribution >= 4 is 27.8 Å². The summed E-state index contributed by atoms with van der Waals surface area (Å²) in [6.07, 6.45) is 3.22. The van der Waals surface area contributed by atoms with Crippen LogP contribution in [-0.2, 0) is 9.53 Å². The molecule has 0 radical (unpaired) electrons. The summed E-state index contributed by atoms with van der Waals surface area (Å²) in [6.45, 7) is 6.75. The highest BCUT2D eigenvalue weighted by molar-refractivity contribution is 9.10. The van der Waals surface area contributed by atoms with E-state index in [2.05, 4.69) is 36.7 Å². The Morgan fingerprint density at radius 3 is 2.27 bits per heavy atom. The van der Waals surface area contributed by atoms with Crippen molar-refractivity contribution in [1.82, 2.24) is 4.90 Å². The van der Waals surface area contributed by atoms with E-state index < -0.39 is 17.7 Å². The predicted molar refractivity (Wildman–Crippen MR) is 102 cm³/mol. The molecule has 1 saturated carbocycles. The number of nitrogens with zero attached hydrogens (tertiary/aromatic N) is 1. The second-order valence-electron chi connectivity index (χ2n) is 8.43. The molecule has 5 nitrogen and oxygen atoms in total. The van der Waals surface area contributed by atoms with Gasteiger partial charge in [-0.05, 0) is 61.3 Å². The van der Waals surface area contributed by atoms with Gasteiger partial charge in [0, 0.05) is 10.0 Å². The van der Waals surface area contributed by atoms with Crippen LogP contribution >= 0.6 is 15.9 Å². The Labute approximate surface area is 162 Å². The van der Waals surface area contributed by atoms with Crippen LogP contribution in [0.3, 0.4) is 0 Å². The number of amides is 1. The van der Waals surface area contributed by atoms with Crippen LogP contribution in [-0.4, -0.2) is 40.3 Å². The minimum absolute atomic E-state index is 0.0534. The summed E-state index contributed by atoms with van der Waals surface area (Å²) >= 11 is 3.36. The molecule has 6 heteroatoms. The summed E-state index contributed by atoms with van der Waals surface area (Å²) in [4.78, 5) is 26.5. The second-order valence-corrected chi connectivity index (χ2v) is 9.35. The Hall–Kier alpha value is -1.40. The van der Waals surface area contributed by atoms with E-state index in [1.54, 1.807) is 24.3 Å². The Morgan fingerprint density at radius 2 is 1.77 bits per heavy atom. The highest BCUT2D eigenvalue weighted by Crippen LogP contribution is 2.47. The molecule has 1 aliphatic heterocycles. The Morgan fingerprint density at radius 1 is 1.19 bits per heavy atom. The maximum Gasteiger partial charge on any atom is 0.328 e. The van der Waals surface area contributed by atoms with Crippen molar-refractivity contribution in [2.24, 2.45) is 11.3 Å². The number of carbonyl (C=O) groups excluding carboxylic acids is 1. The lowest BCUT2D eigenvalue weighted by Gasteiger charge is -2.46. The maximum absolute atomic E-state index is 13.2. The van der Waals surface area contributed by atoms with Crippen molar-refractivity contribution in [3.63, 3.8) is 0 Å². The third kappa shape index (κ3) is 3.54. The summed E-state index contributed by atoms with van der Waals surface area (Å²) < 4.78 is 6.89. The van der Waals surface area contributed by atoms with Crippen LogP contribution in [0.1, 0.15) is 56.8 Å². The normalized spacial score (nSPS) is 29.2. The fourth-order valence-corrected chi connectivity index (χ4v) is 4.49. The van der Waals surface area contributed by atoms with E-state index in [-0.39, 0.29) is 17.9 Å². The van der Waals surface area contributed by atoms with E-state index in [9.17, 15) is 14.7 Å². The minimum Gasteiger partial charge on any atom is -0.480 e. The molecule has 3 rings (SSSR count). The summed E-state index contributed by atoms with van der Waals surface area (Å²) in [5.74, 6) is -0.730. The van der Waals surface area contributed by atoms with Crippen molar-refractivity contribution in [1.29, 1.82) is 0 Å². The average Bonchev–Trinajstić information content (AvgIpc) is 2.93. The van der Waals surface area contributed by atoms with Crippen LogP contribution in [0.5, 0.6) is 0 Å². The van der Waals surface area contributed by atoms with E-state index in [0.29, 0.717) is 24.3 Å². The molecule has 0 unspecified atom stereocenters. The number of carboxylic acid groups (broad SMARTS) is 1. The number of benzene rings is 1. The van der Waals surface area contributed by atoms with Crippen LogP contribution in [0.2, 0.25) is 0 Å². The first-order valence-electron chi connectivity index (χ1n) is 9.10. The van der Waals surface area contributed by atoms with Crippen LogP contribution in [0, 0.1) is 11.3 Å². The molecule has 2 aliphatic rings. The predicted octanol–water partition coefficient (Wildman–Crippen LogP) is 4.31. The van der Waals surface area contributed by atoms with E-state index in [0.717, 1.165) is 17.3 Å². The highest BCUT2D eigenvalue weighted by Gasteiger charge is 2.54. The molecule has 0 aromatic heterocycles. The minimum atomic E-state index is -1.01. The number of ether oxygens (including phenoxy) is 1. The molecule has 1 N–H and O–H groups in total. The van der Waals surface area contributed by atoms with E-state index in [4.69, 9.17) is 4.74 Å². The molecular weight excluding hydrogens is 398 g/mol. The number of aliphatic carboxylic acids is 1. The van der Waals surface area contributed by atoms with Crippen LogP contribution in [0.15, 0.2) is 28.7 Å². The van der Waals surface area contributed by atoms with Crippen LogP contribution < -0.4 is 0 Å². The number of carbonyl (C=O) groups is 2. The van der Waals surface area contributed by atoms with Crippen molar-refractivity contribution in [2.45, 2.75) is 58.2 Å². The van der Waals surface area contributed by atoms with Gasteiger partial charge in [0.1, 0.15) is 5.72 Å². The zero-order valence-electron chi connectivity index (χ0n) is 15.5. The first kappa shape index (κ1) is 19.4. The zero-order chi connectivity index (χ0) is 19.1. The largest absolute Gasteiger partial charge is 0.480 e. The fourth-order valence-electron chi connectivity index (χ4n) is 4.22. The summed E-state index contributed by atoms with van der Waals surface area (Å²) in [5, 5.41) is 9.64. The standard InChI is InChI=1S/C20H26BrNO4/c1-19(2,3)14-8-10-20(11-9-14)22(16(12-26-20)18(24)25)17(23)13-4-6-15(21)7-5-13/h4-7,14,16H,8-12H2,1-3H3,(H,24,25)/t14?,16-,20?/m0/s1. The van der Waals surface area contributed by atoms with Gasteiger partial charge in [-0.3, -0.25) is 9.69 Å². The Bertz CT molecular complexity index is 687. The molecule has 0 bridgehead atoms. The van der Waals surface area contributed by atoms with Crippen LogP contribution in [0.4, 0.5) is 0 Å². The van der Waals surface area contributed by atoms with Crippen molar-refractivity contribution in [3.05, 3.63) is 34.3 Å². The summed E-state index contributed by atoms with van der Waals surface area (Å²) in [7, 11) is 0. The molecule has 1 aromatic rings. The first-order chi connectivity index (χ1) is 12.1. The molecule has 26 heavy (non-hydrogen) atoms.